The maximum Gasteiger partial charge on any atom is 0.196 e. The van der Waals surface area contributed by atoms with E-state index in [1.165, 1.54) is 6.92 Å². The molecule has 0 N–H and O–H groups in total. The average molecular weight is 257 g/mol. The first kappa shape index (κ1) is 12.2. The number of ketones is 1. The summed E-state index contributed by atoms with van der Waals surface area (Å²) in [6, 6.07) is 3.21. The average Bonchev–Trinajstić information content (AvgIpc) is 2.65. The molecule has 0 amide bonds. The maximum absolute atomic E-state index is 11.4. The highest BCUT2D eigenvalue weighted by Crippen LogP contribution is 2.24. The van der Waals surface area contributed by atoms with Crippen molar-refractivity contribution in [1.82, 2.24) is 0 Å². The SMILES string of the molecule is CC(=O)c1ccc(N2CCS(=O)(=O)CC2C)o1. The molecule has 1 aliphatic rings. The second kappa shape index (κ2) is 4.18. The summed E-state index contributed by atoms with van der Waals surface area (Å²) in [7, 11) is -2.93. The summed E-state index contributed by atoms with van der Waals surface area (Å²) in [5, 5.41) is 0. The Morgan fingerprint density at radius 3 is 2.71 bits per heavy atom. The number of anilines is 1. The predicted octanol–water partition coefficient (Wildman–Crippen LogP) is 1.11. The van der Waals surface area contributed by atoms with Crippen LogP contribution in [0.2, 0.25) is 0 Å². The van der Waals surface area contributed by atoms with E-state index in [9.17, 15) is 13.2 Å². The molecule has 0 bridgehead atoms. The van der Waals surface area contributed by atoms with Crippen LogP contribution in [-0.4, -0.2) is 38.3 Å². The summed E-state index contributed by atoms with van der Waals surface area (Å²) in [5.74, 6) is 1.00. The largest absolute Gasteiger partial charge is 0.437 e. The van der Waals surface area contributed by atoms with E-state index in [-0.39, 0.29) is 23.3 Å². The van der Waals surface area contributed by atoms with Gasteiger partial charge in [0.05, 0.1) is 11.5 Å². The van der Waals surface area contributed by atoms with Crippen LogP contribution >= 0.6 is 0 Å². The summed E-state index contributed by atoms with van der Waals surface area (Å²) >= 11 is 0. The number of carbonyl (C=O) groups is 1. The molecule has 1 aromatic rings. The van der Waals surface area contributed by atoms with Crippen LogP contribution in [0.3, 0.4) is 0 Å². The number of hydrogen-bond acceptors (Lipinski definition) is 5. The van der Waals surface area contributed by atoms with Crippen molar-refractivity contribution in [1.29, 1.82) is 0 Å². The third-order valence-corrected chi connectivity index (χ3v) is 4.69. The van der Waals surface area contributed by atoms with Gasteiger partial charge < -0.3 is 9.32 Å². The molecule has 1 aromatic heterocycles. The topological polar surface area (TPSA) is 67.6 Å². The molecule has 2 rings (SSSR count). The fourth-order valence-electron chi connectivity index (χ4n) is 2.00. The molecule has 1 aliphatic heterocycles. The van der Waals surface area contributed by atoms with Gasteiger partial charge in [0.1, 0.15) is 0 Å². The lowest BCUT2D eigenvalue weighted by atomic mass is 10.3. The standard InChI is InChI=1S/C11H15NO4S/c1-8-7-17(14,15)6-5-12(8)11-4-3-10(16-11)9(2)13/h3-4,8H,5-7H2,1-2H3. The zero-order valence-corrected chi connectivity index (χ0v) is 10.7. The quantitative estimate of drug-likeness (QED) is 0.742. The van der Waals surface area contributed by atoms with E-state index in [0.29, 0.717) is 18.2 Å². The zero-order chi connectivity index (χ0) is 12.6. The van der Waals surface area contributed by atoms with Crippen molar-refractivity contribution in [3.05, 3.63) is 17.9 Å². The highest BCUT2D eigenvalue weighted by Gasteiger charge is 2.29. The van der Waals surface area contributed by atoms with Crippen molar-refractivity contribution in [2.75, 3.05) is 23.0 Å². The van der Waals surface area contributed by atoms with Crippen LogP contribution in [0.4, 0.5) is 5.88 Å². The number of rotatable bonds is 2. The minimum atomic E-state index is -2.93. The van der Waals surface area contributed by atoms with Crippen molar-refractivity contribution in [3.63, 3.8) is 0 Å². The summed E-state index contributed by atoms with van der Waals surface area (Å²) in [6.07, 6.45) is 0. The molecule has 94 valence electrons. The molecule has 0 aromatic carbocycles. The van der Waals surface area contributed by atoms with Gasteiger partial charge in [0, 0.05) is 25.6 Å². The molecule has 0 aliphatic carbocycles. The number of sulfone groups is 1. The number of carbonyl (C=O) groups excluding carboxylic acids is 1. The zero-order valence-electron chi connectivity index (χ0n) is 9.84. The van der Waals surface area contributed by atoms with Gasteiger partial charge >= 0.3 is 0 Å². The molecule has 0 saturated carbocycles. The van der Waals surface area contributed by atoms with Crippen LogP contribution < -0.4 is 4.90 Å². The molecule has 1 unspecified atom stereocenters. The molecule has 1 saturated heterocycles. The number of hydrogen-bond donors (Lipinski definition) is 0. The van der Waals surface area contributed by atoms with Crippen molar-refractivity contribution in [2.24, 2.45) is 0 Å². The molecular formula is C11H15NO4S. The van der Waals surface area contributed by atoms with E-state index in [0.717, 1.165) is 0 Å². The molecule has 0 spiro atoms. The normalized spacial score (nSPS) is 23.6. The molecule has 0 radical (unpaired) electrons. The fourth-order valence-corrected chi connectivity index (χ4v) is 3.55. The van der Waals surface area contributed by atoms with Crippen LogP contribution in [0.25, 0.3) is 0 Å². The number of furan rings is 1. The van der Waals surface area contributed by atoms with E-state index in [2.05, 4.69) is 0 Å². The lowest BCUT2D eigenvalue weighted by Crippen LogP contribution is -2.46. The van der Waals surface area contributed by atoms with Crippen LogP contribution in [0, 0.1) is 0 Å². The second-order valence-electron chi connectivity index (χ2n) is 4.35. The molecule has 5 nitrogen and oxygen atoms in total. The van der Waals surface area contributed by atoms with Gasteiger partial charge in [0.25, 0.3) is 0 Å². The number of Topliss-reactive ketones (excluding diaryl/α,β-unsaturated/α-hetero) is 1. The van der Waals surface area contributed by atoms with Gasteiger partial charge in [-0.1, -0.05) is 0 Å². The molecule has 17 heavy (non-hydrogen) atoms. The Bertz CT molecular complexity index is 531. The van der Waals surface area contributed by atoms with Crippen LogP contribution in [0.1, 0.15) is 24.4 Å². The first-order valence-corrected chi connectivity index (χ1v) is 7.29. The molecule has 1 fully saturated rings. The van der Waals surface area contributed by atoms with Crippen LogP contribution in [0.15, 0.2) is 16.5 Å². The van der Waals surface area contributed by atoms with E-state index in [1.807, 2.05) is 11.8 Å². The Balaban J connectivity index is 2.20. The smallest absolute Gasteiger partial charge is 0.196 e. The highest BCUT2D eigenvalue weighted by atomic mass is 32.2. The highest BCUT2D eigenvalue weighted by molar-refractivity contribution is 7.91. The maximum atomic E-state index is 11.4. The van der Waals surface area contributed by atoms with E-state index < -0.39 is 9.84 Å². The Hall–Kier alpha value is -1.30. The minimum absolute atomic E-state index is 0.125. The predicted molar refractivity (Wildman–Crippen MR) is 64.2 cm³/mol. The van der Waals surface area contributed by atoms with Gasteiger partial charge in [-0.3, -0.25) is 4.79 Å². The lowest BCUT2D eigenvalue weighted by molar-refractivity contribution is 0.0987. The van der Waals surface area contributed by atoms with Crippen molar-refractivity contribution in [3.8, 4) is 0 Å². The van der Waals surface area contributed by atoms with Gasteiger partial charge in [0.2, 0.25) is 0 Å². The Morgan fingerprint density at radius 2 is 2.18 bits per heavy atom. The summed E-state index contributed by atoms with van der Waals surface area (Å²) in [5.41, 5.74) is 0. The van der Waals surface area contributed by atoms with Gasteiger partial charge in [0.15, 0.2) is 27.3 Å². The Morgan fingerprint density at radius 1 is 1.47 bits per heavy atom. The Labute approximate surface area is 100 Å². The van der Waals surface area contributed by atoms with Crippen LogP contribution in [-0.2, 0) is 9.84 Å². The number of nitrogens with zero attached hydrogens (tertiary/aromatic N) is 1. The van der Waals surface area contributed by atoms with Crippen molar-refractivity contribution < 1.29 is 17.6 Å². The van der Waals surface area contributed by atoms with E-state index >= 15 is 0 Å². The van der Waals surface area contributed by atoms with Crippen molar-refractivity contribution in [2.45, 2.75) is 19.9 Å². The van der Waals surface area contributed by atoms with Crippen molar-refractivity contribution >= 4 is 21.5 Å². The molecular weight excluding hydrogens is 242 g/mol. The van der Waals surface area contributed by atoms with E-state index in [1.54, 1.807) is 12.1 Å². The first-order valence-electron chi connectivity index (χ1n) is 5.47. The van der Waals surface area contributed by atoms with Gasteiger partial charge in [-0.2, -0.15) is 0 Å². The van der Waals surface area contributed by atoms with Crippen LogP contribution in [0.5, 0.6) is 0 Å². The van der Waals surface area contributed by atoms with Gasteiger partial charge in [-0.25, -0.2) is 8.42 Å². The van der Waals surface area contributed by atoms with Gasteiger partial charge in [-0.05, 0) is 13.0 Å². The third-order valence-electron chi connectivity index (χ3n) is 2.89. The summed E-state index contributed by atoms with van der Waals surface area (Å²) in [4.78, 5) is 13.0. The van der Waals surface area contributed by atoms with E-state index in [4.69, 9.17) is 4.42 Å². The Kier molecular flexibility index (Phi) is 2.99. The molecule has 6 heteroatoms. The minimum Gasteiger partial charge on any atom is -0.437 e. The third kappa shape index (κ3) is 2.52. The first-order chi connectivity index (χ1) is 7.89. The second-order valence-corrected chi connectivity index (χ2v) is 6.58. The summed E-state index contributed by atoms with van der Waals surface area (Å²) in [6.45, 7) is 3.69. The fraction of sp³-hybridized carbons (Fsp3) is 0.545. The molecule has 1 atom stereocenters. The monoisotopic (exact) mass is 257 g/mol. The summed E-state index contributed by atoms with van der Waals surface area (Å²) < 4.78 is 28.3. The molecule has 2 heterocycles. The lowest BCUT2D eigenvalue weighted by Gasteiger charge is -2.32. The van der Waals surface area contributed by atoms with Gasteiger partial charge in [-0.15, -0.1) is 0 Å².